The van der Waals surface area contributed by atoms with Crippen LogP contribution in [0.1, 0.15) is 17.5 Å². The third-order valence-corrected chi connectivity index (χ3v) is 5.09. The lowest BCUT2D eigenvalue weighted by Crippen LogP contribution is -2.37. The molecule has 0 aliphatic carbocycles. The fourth-order valence-electron chi connectivity index (χ4n) is 2.07. The highest BCUT2D eigenvalue weighted by Crippen LogP contribution is 2.16. The van der Waals surface area contributed by atoms with Gasteiger partial charge < -0.3 is 10.6 Å². The summed E-state index contributed by atoms with van der Waals surface area (Å²) in [7, 11) is -1.42. The highest BCUT2D eigenvalue weighted by molar-refractivity contribution is 14.0. The molecule has 0 unspecified atom stereocenters. The van der Waals surface area contributed by atoms with Gasteiger partial charge in [0.2, 0.25) is 0 Å². The largest absolute Gasteiger partial charge is 0.356 e. The highest BCUT2D eigenvalue weighted by Gasteiger charge is 2.10. The molecule has 1 aromatic rings. The van der Waals surface area contributed by atoms with Crippen LogP contribution < -0.4 is 10.6 Å². The lowest BCUT2D eigenvalue weighted by atomic mass is 10.1. The zero-order chi connectivity index (χ0) is 16.6. The van der Waals surface area contributed by atoms with E-state index in [0.717, 1.165) is 35.8 Å². The molecule has 1 rings (SSSR count). The molecule has 23 heavy (non-hydrogen) atoms. The lowest BCUT2D eigenvalue weighted by Gasteiger charge is -2.12. The van der Waals surface area contributed by atoms with Crippen molar-refractivity contribution < 1.29 is 8.42 Å². The zero-order valence-electron chi connectivity index (χ0n) is 14.0. The predicted molar refractivity (Wildman–Crippen MR) is 111 cm³/mol. The van der Waals surface area contributed by atoms with Crippen LogP contribution in [0.25, 0.3) is 0 Å². The number of hydrogen-bond acceptors (Lipinski definition) is 4. The Balaban J connectivity index is 0.00000484. The minimum atomic E-state index is -3.16. The summed E-state index contributed by atoms with van der Waals surface area (Å²) in [5.41, 5.74) is 1.79. The number of sulfone groups is 1. The molecule has 8 heteroatoms. The van der Waals surface area contributed by atoms with Crippen LogP contribution in [0.15, 0.2) is 28.1 Å². The fourth-order valence-corrected chi connectivity index (χ4v) is 3.46. The maximum atomic E-state index is 11.6. The highest BCUT2D eigenvalue weighted by atomic mass is 127. The molecule has 0 amide bonds. The summed E-state index contributed by atoms with van der Waals surface area (Å²) in [6.07, 6.45) is 4.41. The Hall–Kier alpha value is -0.480. The Labute approximate surface area is 161 Å². The number of benzene rings is 1. The molecule has 0 spiro atoms. The van der Waals surface area contributed by atoms with E-state index in [4.69, 9.17) is 0 Å². The van der Waals surface area contributed by atoms with Crippen molar-refractivity contribution in [3.8, 4) is 0 Å². The lowest BCUT2D eigenvalue weighted by molar-refractivity contribution is 0.601. The van der Waals surface area contributed by atoms with Crippen LogP contribution in [0.3, 0.4) is 0 Å². The second-order valence-corrected chi connectivity index (χ2v) is 8.04. The fraction of sp³-hybridized carbons (Fsp3) is 0.533. The van der Waals surface area contributed by atoms with E-state index in [9.17, 15) is 8.42 Å². The molecule has 0 aliphatic heterocycles. The third kappa shape index (κ3) is 8.25. The minimum Gasteiger partial charge on any atom is -0.356 e. The number of hydrogen-bond donors (Lipinski definition) is 2. The number of thioether (sulfide) groups is 1. The molecule has 0 atom stereocenters. The maximum Gasteiger partial charge on any atom is 0.191 e. The van der Waals surface area contributed by atoms with E-state index >= 15 is 0 Å². The van der Waals surface area contributed by atoms with Crippen molar-refractivity contribution in [2.45, 2.75) is 24.8 Å². The van der Waals surface area contributed by atoms with E-state index in [0.29, 0.717) is 11.4 Å². The summed E-state index contributed by atoms with van der Waals surface area (Å²) >= 11 is 1.83. The first-order chi connectivity index (χ1) is 10.4. The van der Waals surface area contributed by atoms with Gasteiger partial charge >= 0.3 is 0 Å². The predicted octanol–water partition coefficient (Wildman–Crippen LogP) is 2.43. The van der Waals surface area contributed by atoms with Gasteiger partial charge in [-0.1, -0.05) is 12.1 Å². The van der Waals surface area contributed by atoms with E-state index in [1.165, 1.54) is 6.26 Å². The third-order valence-electron chi connectivity index (χ3n) is 3.14. The van der Waals surface area contributed by atoms with Crippen molar-refractivity contribution in [2.24, 2.45) is 4.99 Å². The van der Waals surface area contributed by atoms with Crippen molar-refractivity contribution in [1.29, 1.82) is 0 Å². The van der Waals surface area contributed by atoms with Crippen LogP contribution >= 0.6 is 35.7 Å². The van der Waals surface area contributed by atoms with E-state index < -0.39 is 9.84 Å². The summed E-state index contributed by atoms with van der Waals surface area (Å²) < 4.78 is 23.2. The van der Waals surface area contributed by atoms with Gasteiger partial charge in [-0.05, 0) is 42.5 Å². The van der Waals surface area contributed by atoms with Crippen LogP contribution in [0.5, 0.6) is 0 Å². The maximum absolute atomic E-state index is 11.6. The van der Waals surface area contributed by atoms with Gasteiger partial charge in [-0.25, -0.2) is 8.42 Å². The van der Waals surface area contributed by atoms with Crippen molar-refractivity contribution in [3.63, 3.8) is 0 Å². The summed E-state index contributed by atoms with van der Waals surface area (Å²) in [5.74, 6) is 1.88. The molecule has 132 valence electrons. The molecule has 0 bridgehead atoms. The minimum absolute atomic E-state index is 0. The van der Waals surface area contributed by atoms with E-state index in [-0.39, 0.29) is 24.0 Å². The molecule has 0 saturated heterocycles. The molecule has 0 aromatic heterocycles. The quantitative estimate of drug-likeness (QED) is 0.277. The molecule has 0 saturated carbocycles. The van der Waals surface area contributed by atoms with Gasteiger partial charge in [0.1, 0.15) is 0 Å². The first-order valence-electron chi connectivity index (χ1n) is 7.11. The Kier molecular flexibility index (Phi) is 10.9. The SMILES string of the molecule is CN=C(NCCCSC)NCc1ccc(S(C)(=O)=O)c(C)c1.I. The Morgan fingerprint density at radius 3 is 2.52 bits per heavy atom. The molecule has 0 radical (unpaired) electrons. The number of aryl methyl sites for hydroxylation is 1. The van der Waals surface area contributed by atoms with Gasteiger partial charge in [0, 0.05) is 26.4 Å². The van der Waals surface area contributed by atoms with Crippen molar-refractivity contribution >= 4 is 51.5 Å². The van der Waals surface area contributed by atoms with Gasteiger partial charge in [0.25, 0.3) is 0 Å². The Bertz CT molecular complexity index is 619. The normalized spacial score (nSPS) is 11.7. The van der Waals surface area contributed by atoms with E-state index in [2.05, 4.69) is 21.9 Å². The molecule has 5 nitrogen and oxygen atoms in total. The average Bonchev–Trinajstić information content (AvgIpc) is 2.45. The number of nitrogens with zero attached hydrogens (tertiary/aromatic N) is 1. The van der Waals surface area contributed by atoms with Gasteiger partial charge in [0.05, 0.1) is 4.90 Å². The van der Waals surface area contributed by atoms with Crippen molar-refractivity contribution in [3.05, 3.63) is 29.3 Å². The van der Waals surface area contributed by atoms with Gasteiger partial charge in [-0.3, -0.25) is 4.99 Å². The van der Waals surface area contributed by atoms with Gasteiger partial charge in [0.15, 0.2) is 15.8 Å². The molecule has 1 aromatic carbocycles. The monoisotopic (exact) mass is 471 g/mol. The van der Waals surface area contributed by atoms with E-state index in [1.54, 1.807) is 13.1 Å². The second-order valence-electron chi connectivity index (χ2n) is 5.07. The molecule has 0 fully saturated rings. The number of guanidine groups is 1. The van der Waals surface area contributed by atoms with Gasteiger partial charge in [-0.15, -0.1) is 24.0 Å². The van der Waals surface area contributed by atoms with Crippen LogP contribution in [0.4, 0.5) is 0 Å². The van der Waals surface area contributed by atoms with Crippen LogP contribution in [0.2, 0.25) is 0 Å². The van der Waals surface area contributed by atoms with Crippen molar-refractivity contribution in [1.82, 2.24) is 10.6 Å². The first kappa shape index (κ1) is 22.5. The standard InChI is InChI=1S/C15H25N3O2S2.HI/c1-12-10-13(6-7-14(12)22(4,19)20)11-18-15(16-2)17-8-5-9-21-3;/h6-7,10H,5,8-9,11H2,1-4H3,(H2,16,17,18);1H. The smallest absolute Gasteiger partial charge is 0.191 e. The zero-order valence-corrected chi connectivity index (χ0v) is 18.0. The number of halogens is 1. The average molecular weight is 471 g/mol. The molecule has 0 heterocycles. The Morgan fingerprint density at radius 1 is 1.30 bits per heavy atom. The second kappa shape index (κ2) is 11.1. The molecule has 2 N–H and O–H groups in total. The summed E-state index contributed by atoms with van der Waals surface area (Å²) in [4.78, 5) is 4.56. The van der Waals surface area contributed by atoms with Gasteiger partial charge in [-0.2, -0.15) is 11.8 Å². The van der Waals surface area contributed by atoms with Crippen LogP contribution in [-0.2, 0) is 16.4 Å². The topological polar surface area (TPSA) is 70.6 Å². The molecular formula is C15H26IN3O2S2. The van der Waals surface area contributed by atoms with Crippen LogP contribution in [-0.4, -0.2) is 46.2 Å². The first-order valence-corrected chi connectivity index (χ1v) is 10.4. The molecule has 0 aliphatic rings. The number of nitrogens with one attached hydrogen (secondary N) is 2. The molecular weight excluding hydrogens is 445 g/mol. The number of rotatable bonds is 7. The number of aliphatic imine (C=N–C) groups is 1. The summed E-state index contributed by atoms with van der Waals surface area (Å²) in [6.45, 7) is 3.30. The van der Waals surface area contributed by atoms with E-state index in [1.807, 2.05) is 30.8 Å². The van der Waals surface area contributed by atoms with Crippen LogP contribution in [0, 0.1) is 6.92 Å². The summed E-state index contributed by atoms with van der Waals surface area (Å²) in [5, 5.41) is 6.49. The van der Waals surface area contributed by atoms with Crippen molar-refractivity contribution in [2.75, 3.05) is 31.9 Å². The Morgan fingerprint density at radius 2 is 2.00 bits per heavy atom. The summed E-state index contributed by atoms with van der Waals surface area (Å²) in [6, 6.07) is 5.39.